The number of ether oxygens (including phenoxy) is 1. The maximum atomic E-state index is 12.2. The number of benzene rings is 1. The Balaban J connectivity index is 1.38. The van der Waals surface area contributed by atoms with Crippen LogP contribution < -0.4 is 10.1 Å². The Morgan fingerprint density at radius 2 is 1.96 bits per heavy atom. The van der Waals surface area contributed by atoms with Gasteiger partial charge in [0.15, 0.2) is 0 Å². The lowest BCUT2D eigenvalue weighted by Gasteiger charge is -2.38. The number of piperazine rings is 1. The molecule has 1 saturated heterocycles. The first-order valence-electron chi connectivity index (χ1n) is 10.1. The van der Waals surface area contributed by atoms with Gasteiger partial charge in [0.25, 0.3) is 0 Å². The first kappa shape index (κ1) is 20.1. The largest absolute Gasteiger partial charge is 0.491 e. The molecule has 6 heteroatoms. The van der Waals surface area contributed by atoms with Gasteiger partial charge in [-0.3, -0.25) is 14.6 Å². The number of hydrogen-bond acceptors (Lipinski definition) is 5. The highest BCUT2D eigenvalue weighted by molar-refractivity contribution is 5.81. The van der Waals surface area contributed by atoms with Crippen molar-refractivity contribution >= 4 is 5.91 Å². The number of amides is 1. The monoisotopic (exact) mass is 375 g/mol. The molecule has 150 valence electrons. The molecule has 6 nitrogen and oxygen atoms in total. The van der Waals surface area contributed by atoms with Crippen LogP contribution in [0.1, 0.15) is 30.9 Å². The van der Waals surface area contributed by atoms with Gasteiger partial charge in [0, 0.05) is 38.8 Å². The van der Waals surface area contributed by atoms with Crippen molar-refractivity contribution in [3.8, 4) is 5.75 Å². The maximum Gasteiger partial charge on any atom is 0.237 e. The minimum Gasteiger partial charge on any atom is -0.491 e. The number of nitrogens with one attached hydrogen (secondary N) is 1. The summed E-state index contributed by atoms with van der Waals surface area (Å²) in [5.41, 5.74) is 2.24. The lowest BCUT2D eigenvalue weighted by atomic mass is 10.1. The van der Waals surface area contributed by atoms with Gasteiger partial charge in [-0.1, -0.05) is 12.1 Å². The Hall–Kier alpha value is -1.63. The Morgan fingerprint density at radius 1 is 1.26 bits per heavy atom. The standard InChI is InChI=1S/C21H33N3O3/c1-15-4-5-16(2)20(12-15)27-14-19(25)13-23-8-10-24(11-9-23)17(3)21(26)22-18-6-7-18/h4-5,12,17-19,25H,6-11,13-14H2,1-3H3,(H,22,26). The second-order valence-corrected chi connectivity index (χ2v) is 8.03. The second-order valence-electron chi connectivity index (χ2n) is 8.03. The molecule has 0 spiro atoms. The van der Waals surface area contributed by atoms with Crippen molar-refractivity contribution in [2.45, 2.75) is 51.8 Å². The van der Waals surface area contributed by atoms with E-state index in [-0.39, 0.29) is 11.9 Å². The highest BCUT2D eigenvalue weighted by Crippen LogP contribution is 2.20. The summed E-state index contributed by atoms with van der Waals surface area (Å²) in [7, 11) is 0. The molecule has 27 heavy (non-hydrogen) atoms. The summed E-state index contributed by atoms with van der Waals surface area (Å²) in [6.45, 7) is 10.4. The number of nitrogens with zero attached hydrogens (tertiary/aromatic N) is 2. The van der Waals surface area contributed by atoms with Gasteiger partial charge in [-0.2, -0.15) is 0 Å². The minimum absolute atomic E-state index is 0.0784. The van der Waals surface area contributed by atoms with Crippen LogP contribution in [0.4, 0.5) is 0 Å². The summed E-state index contributed by atoms with van der Waals surface area (Å²) < 4.78 is 5.81. The molecule has 2 unspecified atom stereocenters. The number of aryl methyl sites for hydroxylation is 2. The second kappa shape index (κ2) is 9.04. The van der Waals surface area contributed by atoms with E-state index in [2.05, 4.69) is 21.2 Å². The molecule has 1 heterocycles. The van der Waals surface area contributed by atoms with Crippen LogP contribution in [-0.2, 0) is 4.79 Å². The Morgan fingerprint density at radius 3 is 2.63 bits per heavy atom. The number of carbonyl (C=O) groups is 1. The number of rotatable bonds is 8. The van der Waals surface area contributed by atoms with Gasteiger partial charge in [-0.05, 0) is 50.8 Å². The molecule has 0 aromatic heterocycles. The SMILES string of the molecule is Cc1ccc(C)c(OCC(O)CN2CCN(C(C)C(=O)NC3CC3)CC2)c1. The van der Waals surface area contributed by atoms with Crippen LogP contribution in [0.2, 0.25) is 0 Å². The molecular formula is C21H33N3O3. The van der Waals surface area contributed by atoms with E-state index in [4.69, 9.17) is 4.74 Å². The van der Waals surface area contributed by atoms with Crippen LogP contribution in [0, 0.1) is 13.8 Å². The van der Waals surface area contributed by atoms with Crippen LogP contribution in [0.5, 0.6) is 5.75 Å². The first-order chi connectivity index (χ1) is 12.9. The number of β-amino-alcohol motifs (C(OH)–C–C–N with tert-alkyl or cyclic N) is 1. The van der Waals surface area contributed by atoms with Crippen molar-refractivity contribution in [3.05, 3.63) is 29.3 Å². The summed E-state index contributed by atoms with van der Waals surface area (Å²) in [5, 5.41) is 13.4. The van der Waals surface area contributed by atoms with Crippen LogP contribution >= 0.6 is 0 Å². The molecule has 2 aliphatic rings. The molecule has 3 rings (SSSR count). The fourth-order valence-corrected chi connectivity index (χ4v) is 3.45. The number of aliphatic hydroxyl groups excluding tert-OH is 1. The Kier molecular flexibility index (Phi) is 6.73. The molecule has 0 radical (unpaired) electrons. The van der Waals surface area contributed by atoms with Gasteiger partial charge in [-0.25, -0.2) is 0 Å². The predicted octanol–water partition coefficient (Wildman–Crippen LogP) is 1.33. The average molecular weight is 376 g/mol. The van der Waals surface area contributed by atoms with Gasteiger partial charge < -0.3 is 15.2 Å². The van der Waals surface area contributed by atoms with Crippen molar-refractivity contribution in [2.75, 3.05) is 39.3 Å². The van der Waals surface area contributed by atoms with Crippen molar-refractivity contribution in [1.82, 2.24) is 15.1 Å². The summed E-state index contributed by atoms with van der Waals surface area (Å²) in [6, 6.07) is 6.44. The number of hydrogen-bond donors (Lipinski definition) is 2. The number of carbonyl (C=O) groups excluding carboxylic acids is 1. The van der Waals surface area contributed by atoms with Crippen LogP contribution in [0.3, 0.4) is 0 Å². The molecule has 1 aliphatic carbocycles. The Labute approximate surface area is 162 Å². The molecule has 2 atom stereocenters. The third-order valence-corrected chi connectivity index (χ3v) is 5.50. The molecule has 2 N–H and O–H groups in total. The predicted molar refractivity (Wildman–Crippen MR) is 106 cm³/mol. The third-order valence-electron chi connectivity index (χ3n) is 5.50. The molecule has 1 saturated carbocycles. The van der Waals surface area contributed by atoms with Crippen LogP contribution in [-0.4, -0.2) is 78.3 Å². The van der Waals surface area contributed by atoms with E-state index < -0.39 is 6.10 Å². The molecule has 1 aliphatic heterocycles. The maximum absolute atomic E-state index is 12.2. The molecule has 0 bridgehead atoms. The van der Waals surface area contributed by atoms with Crippen molar-refractivity contribution < 1.29 is 14.6 Å². The first-order valence-corrected chi connectivity index (χ1v) is 10.1. The fraction of sp³-hybridized carbons (Fsp3) is 0.667. The van der Waals surface area contributed by atoms with E-state index in [0.717, 1.165) is 55.9 Å². The van der Waals surface area contributed by atoms with Crippen LogP contribution in [0.25, 0.3) is 0 Å². The quantitative estimate of drug-likeness (QED) is 0.718. The van der Waals surface area contributed by atoms with Gasteiger partial charge in [-0.15, -0.1) is 0 Å². The molecule has 2 fully saturated rings. The summed E-state index contributed by atoms with van der Waals surface area (Å²) >= 11 is 0. The van der Waals surface area contributed by atoms with E-state index >= 15 is 0 Å². The summed E-state index contributed by atoms with van der Waals surface area (Å²) in [5.74, 6) is 0.988. The summed E-state index contributed by atoms with van der Waals surface area (Å²) in [6.07, 6.45) is 1.72. The molecular weight excluding hydrogens is 342 g/mol. The zero-order chi connectivity index (χ0) is 19.4. The van der Waals surface area contributed by atoms with Gasteiger partial charge in [0.2, 0.25) is 5.91 Å². The smallest absolute Gasteiger partial charge is 0.237 e. The lowest BCUT2D eigenvalue weighted by Crippen LogP contribution is -2.55. The van der Waals surface area contributed by atoms with Gasteiger partial charge in [0.1, 0.15) is 18.5 Å². The van der Waals surface area contributed by atoms with Gasteiger partial charge >= 0.3 is 0 Å². The highest BCUT2D eigenvalue weighted by atomic mass is 16.5. The van der Waals surface area contributed by atoms with E-state index in [1.807, 2.05) is 32.9 Å². The minimum atomic E-state index is -0.521. The molecule has 1 amide bonds. The fourth-order valence-electron chi connectivity index (χ4n) is 3.45. The van der Waals surface area contributed by atoms with Crippen LogP contribution in [0.15, 0.2) is 18.2 Å². The average Bonchev–Trinajstić information content (AvgIpc) is 3.46. The Bertz CT molecular complexity index is 640. The zero-order valence-electron chi connectivity index (χ0n) is 16.8. The normalized spacial score (nSPS) is 20.9. The van der Waals surface area contributed by atoms with Crippen molar-refractivity contribution in [2.24, 2.45) is 0 Å². The highest BCUT2D eigenvalue weighted by Gasteiger charge is 2.30. The van der Waals surface area contributed by atoms with Crippen molar-refractivity contribution in [1.29, 1.82) is 0 Å². The molecule has 1 aromatic rings. The van der Waals surface area contributed by atoms with E-state index in [1.54, 1.807) is 0 Å². The summed E-state index contributed by atoms with van der Waals surface area (Å²) in [4.78, 5) is 16.7. The third kappa shape index (κ3) is 5.92. The zero-order valence-corrected chi connectivity index (χ0v) is 16.8. The van der Waals surface area contributed by atoms with E-state index in [0.29, 0.717) is 19.2 Å². The molecule has 1 aromatic carbocycles. The van der Waals surface area contributed by atoms with E-state index in [9.17, 15) is 9.90 Å². The van der Waals surface area contributed by atoms with Gasteiger partial charge in [0.05, 0.1) is 6.04 Å². The van der Waals surface area contributed by atoms with E-state index in [1.165, 1.54) is 0 Å². The van der Waals surface area contributed by atoms with Crippen molar-refractivity contribution in [3.63, 3.8) is 0 Å². The topological polar surface area (TPSA) is 65.0 Å². The lowest BCUT2D eigenvalue weighted by molar-refractivity contribution is -0.126. The number of aliphatic hydroxyl groups is 1.